The standard InChI is InChI=1S/C15H15BrN2O2/c1-10-3-4-12(11(2)7-10)9-17-15-8-13(18(19)20)5-6-14(15)16/h3-8,17H,9H2,1-2H3. The second-order valence-electron chi connectivity index (χ2n) is 4.70. The number of benzene rings is 2. The lowest BCUT2D eigenvalue weighted by atomic mass is 10.1. The van der Waals surface area contributed by atoms with Gasteiger partial charge in [-0.3, -0.25) is 10.1 Å². The van der Waals surface area contributed by atoms with E-state index < -0.39 is 4.92 Å². The topological polar surface area (TPSA) is 55.2 Å². The van der Waals surface area contributed by atoms with E-state index >= 15 is 0 Å². The van der Waals surface area contributed by atoms with Crippen LogP contribution in [-0.4, -0.2) is 4.92 Å². The quantitative estimate of drug-likeness (QED) is 0.657. The molecule has 0 aliphatic heterocycles. The van der Waals surface area contributed by atoms with Gasteiger partial charge >= 0.3 is 0 Å². The lowest BCUT2D eigenvalue weighted by molar-refractivity contribution is -0.384. The first-order chi connectivity index (χ1) is 9.47. The molecule has 20 heavy (non-hydrogen) atoms. The van der Waals surface area contributed by atoms with E-state index in [1.54, 1.807) is 6.07 Å². The summed E-state index contributed by atoms with van der Waals surface area (Å²) in [7, 11) is 0. The van der Waals surface area contributed by atoms with Crippen LogP contribution in [0.4, 0.5) is 11.4 Å². The molecule has 0 aliphatic rings. The first kappa shape index (κ1) is 14.5. The number of halogens is 1. The maximum Gasteiger partial charge on any atom is 0.271 e. The van der Waals surface area contributed by atoms with Crippen molar-refractivity contribution in [3.05, 3.63) is 67.7 Å². The van der Waals surface area contributed by atoms with Gasteiger partial charge < -0.3 is 5.32 Å². The normalized spacial score (nSPS) is 10.3. The van der Waals surface area contributed by atoms with E-state index in [0.717, 1.165) is 10.2 Å². The molecular formula is C15H15BrN2O2. The van der Waals surface area contributed by atoms with Gasteiger partial charge in [-0.25, -0.2) is 0 Å². The van der Waals surface area contributed by atoms with E-state index in [1.165, 1.54) is 28.8 Å². The minimum absolute atomic E-state index is 0.0799. The molecule has 5 heteroatoms. The van der Waals surface area contributed by atoms with Crippen LogP contribution in [0, 0.1) is 24.0 Å². The average molecular weight is 335 g/mol. The molecule has 0 amide bonds. The molecule has 0 saturated carbocycles. The summed E-state index contributed by atoms with van der Waals surface area (Å²) in [6.45, 7) is 4.75. The Kier molecular flexibility index (Phi) is 4.39. The third kappa shape index (κ3) is 3.36. The largest absolute Gasteiger partial charge is 0.380 e. The zero-order chi connectivity index (χ0) is 14.7. The van der Waals surface area contributed by atoms with Crippen LogP contribution in [0.2, 0.25) is 0 Å². The van der Waals surface area contributed by atoms with Gasteiger partial charge in [-0.2, -0.15) is 0 Å². The highest BCUT2D eigenvalue weighted by atomic mass is 79.9. The van der Waals surface area contributed by atoms with Gasteiger partial charge in [0.25, 0.3) is 5.69 Å². The fraction of sp³-hybridized carbons (Fsp3) is 0.200. The molecule has 0 aromatic heterocycles. The fourth-order valence-electron chi connectivity index (χ4n) is 2.00. The highest BCUT2D eigenvalue weighted by Crippen LogP contribution is 2.27. The number of nitro groups is 1. The van der Waals surface area contributed by atoms with Gasteiger partial charge in [0.05, 0.1) is 10.6 Å². The third-order valence-electron chi connectivity index (χ3n) is 3.13. The second-order valence-corrected chi connectivity index (χ2v) is 5.56. The van der Waals surface area contributed by atoms with Crippen molar-refractivity contribution < 1.29 is 4.92 Å². The summed E-state index contributed by atoms with van der Waals surface area (Å²) in [6, 6.07) is 11.0. The van der Waals surface area contributed by atoms with Crippen molar-refractivity contribution in [3.63, 3.8) is 0 Å². The molecule has 0 bridgehead atoms. The zero-order valence-corrected chi connectivity index (χ0v) is 12.9. The Balaban J connectivity index is 2.18. The number of nitro benzene ring substituents is 1. The molecule has 2 aromatic rings. The molecule has 0 fully saturated rings. The Morgan fingerprint density at radius 1 is 1.20 bits per heavy atom. The van der Waals surface area contributed by atoms with E-state index in [9.17, 15) is 10.1 Å². The van der Waals surface area contributed by atoms with E-state index in [0.29, 0.717) is 6.54 Å². The van der Waals surface area contributed by atoms with E-state index in [2.05, 4.69) is 53.3 Å². The van der Waals surface area contributed by atoms with Crippen molar-refractivity contribution in [3.8, 4) is 0 Å². The SMILES string of the molecule is Cc1ccc(CNc2cc([N+](=O)[O-])ccc2Br)c(C)c1. The fourth-order valence-corrected chi connectivity index (χ4v) is 2.38. The van der Waals surface area contributed by atoms with Gasteiger partial charge in [-0.15, -0.1) is 0 Å². The molecule has 2 aromatic carbocycles. The van der Waals surface area contributed by atoms with Crippen molar-refractivity contribution >= 4 is 27.3 Å². The summed E-state index contributed by atoms with van der Waals surface area (Å²) >= 11 is 3.40. The lowest BCUT2D eigenvalue weighted by Crippen LogP contribution is -2.02. The van der Waals surface area contributed by atoms with Gasteiger partial charge in [0.1, 0.15) is 0 Å². The summed E-state index contributed by atoms with van der Waals surface area (Å²) in [6.07, 6.45) is 0. The number of hydrogen-bond acceptors (Lipinski definition) is 3. The number of nitrogens with one attached hydrogen (secondary N) is 1. The molecule has 0 heterocycles. The molecule has 0 atom stereocenters. The van der Waals surface area contributed by atoms with E-state index in [1.807, 2.05) is 0 Å². The Morgan fingerprint density at radius 3 is 2.60 bits per heavy atom. The van der Waals surface area contributed by atoms with Crippen molar-refractivity contribution in [1.82, 2.24) is 0 Å². The Labute approximate surface area is 126 Å². The summed E-state index contributed by atoms with van der Waals surface area (Å²) in [4.78, 5) is 10.4. The summed E-state index contributed by atoms with van der Waals surface area (Å²) in [5.41, 5.74) is 4.41. The van der Waals surface area contributed by atoms with Gasteiger partial charge in [0, 0.05) is 23.2 Å². The molecule has 104 valence electrons. The first-order valence-electron chi connectivity index (χ1n) is 6.21. The molecular weight excluding hydrogens is 320 g/mol. The lowest BCUT2D eigenvalue weighted by Gasteiger charge is -2.11. The molecule has 0 unspecified atom stereocenters. The third-order valence-corrected chi connectivity index (χ3v) is 3.82. The number of nitrogens with zero attached hydrogens (tertiary/aromatic N) is 1. The van der Waals surface area contributed by atoms with Crippen molar-refractivity contribution in [2.24, 2.45) is 0 Å². The van der Waals surface area contributed by atoms with Crippen LogP contribution >= 0.6 is 15.9 Å². The second kappa shape index (κ2) is 6.05. The minimum atomic E-state index is -0.394. The van der Waals surface area contributed by atoms with Crippen LogP contribution < -0.4 is 5.32 Å². The number of anilines is 1. The van der Waals surface area contributed by atoms with Gasteiger partial charge in [-0.05, 0) is 47.0 Å². The Bertz CT molecular complexity index is 656. The molecule has 0 spiro atoms. The van der Waals surface area contributed by atoms with Crippen LogP contribution in [0.3, 0.4) is 0 Å². The monoisotopic (exact) mass is 334 g/mol. The highest BCUT2D eigenvalue weighted by molar-refractivity contribution is 9.10. The summed E-state index contributed by atoms with van der Waals surface area (Å²) in [5.74, 6) is 0. The Morgan fingerprint density at radius 2 is 1.95 bits per heavy atom. The van der Waals surface area contributed by atoms with Crippen LogP contribution in [0.5, 0.6) is 0 Å². The van der Waals surface area contributed by atoms with Gasteiger partial charge in [0.15, 0.2) is 0 Å². The van der Waals surface area contributed by atoms with Gasteiger partial charge in [-0.1, -0.05) is 23.8 Å². The minimum Gasteiger partial charge on any atom is -0.380 e. The molecule has 0 saturated heterocycles. The molecule has 4 nitrogen and oxygen atoms in total. The predicted molar refractivity (Wildman–Crippen MR) is 84.0 cm³/mol. The number of aryl methyl sites for hydroxylation is 2. The number of hydrogen-bond donors (Lipinski definition) is 1. The van der Waals surface area contributed by atoms with Crippen LogP contribution in [-0.2, 0) is 6.54 Å². The van der Waals surface area contributed by atoms with Crippen molar-refractivity contribution in [2.45, 2.75) is 20.4 Å². The Hall–Kier alpha value is -1.88. The molecule has 0 aliphatic carbocycles. The zero-order valence-electron chi connectivity index (χ0n) is 11.3. The predicted octanol–water partition coefficient (Wildman–Crippen LogP) is 4.59. The van der Waals surface area contributed by atoms with Gasteiger partial charge in [0.2, 0.25) is 0 Å². The van der Waals surface area contributed by atoms with Crippen molar-refractivity contribution in [2.75, 3.05) is 5.32 Å². The van der Waals surface area contributed by atoms with Crippen LogP contribution in [0.15, 0.2) is 40.9 Å². The number of non-ortho nitro benzene ring substituents is 1. The molecule has 0 radical (unpaired) electrons. The molecule has 2 rings (SSSR count). The van der Waals surface area contributed by atoms with Crippen LogP contribution in [0.25, 0.3) is 0 Å². The van der Waals surface area contributed by atoms with Crippen LogP contribution in [0.1, 0.15) is 16.7 Å². The van der Waals surface area contributed by atoms with E-state index in [4.69, 9.17) is 0 Å². The average Bonchev–Trinajstić information content (AvgIpc) is 2.39. The highest BCUT2D eigenvalue weighted by Gasteiger charge is 2.09. The van der Waals surface area contributed by atoms with E-state index in [-0.39, 0.29) is 5.69 Å². The molecule has 1 N–H and O–H groups in total. The summed E-state index contributed by atoms with van der Waals surface area (Å²) < 4.78 is 0.813. The maximum absolute atomic E-state index is 10.8. The number of rotatable bonds is 4. The smallest absolute Gasteiger partial charge is 0.271 e. The maximum atomic E-state index is 10.8. The first-order valence-corrected chi connectivity index (χ1v) is 7.00. The summed E-state index contributed by atoms with van der Waals surface area (Å²) in [5, 5.41) is 14.0. The van der Waals surface area contributed by atoms with Crippen molar-refractivity contribution in [1.29, 1.82) is 0 Å².